The van der Waals surface area contributed by atoms with Gasteiger partial charge in [-0.25, -0.2) is 4.79 Å². The first-order valence-electron chi connectivity index (χ1n) is 7.37. The van der Waals surface area contributed by atoms with Gasteiger partial charge in [0, 0.05) is 13.0 Å². The maximum absolute atomic E-state index is 12.8. The summed E-state index contributed by atoms with van der Waals surface area (Å²) in [6.45, 7) is 0.120. The second kappa shape index (κ2) is 5.48. The van der Waals surface area contributed by atoms with Crippen LogP contribution in [-0.4, -0.2) is 45.7 Å². The third kappa shape index (κ3) is 2.53. The number of carboxylic acids is 1. The van der Waals surface area contributed by atoms with E-state index in [1.165, 1.54) is 10.5 Å². The molecule has 5 nitrogen and oxygen atoms in total. The number of aliphatic carboxylic acids is 1. The van der Waals surface area contributed by atoms with Crippen LogP contribution < -0.4 is 0 Å². The van der Waals surface area contributed by atoms with Crippen LogP contribution in [0.3, 0.4) is 0 Å². The molecule has 0 bridgehead atoms. The number of aliphatic hydroxyl groups excluding tert-OH is 1. The number of hydrogen-bond donors (Lipinski definition) is 2. The Bertz CT molecular complexity index is 571. The monoisotopic (exact) mass is 289 g/mol. The van der Waals surface area contributed by atoms with E-state index in [9.17, 15) is 19.8 Å². The lowest BCUT2D eigenvalue weighted by Gasteiger charge is -2.30. The quantitative estimate of drug-likeness (QED) is 0.856. The topological polar surface area (TPSA) is 77.8 Å². The van der Waals surface area contributed by atoms with Gasteiger partial charge in [0.25, 0.3) is 0 Å². The van der Waals surface area contributed by atoms with Crippen LogP contribution >= 0.6 is 0 Å². The van der Waals surface area contributed by atoms with Gasteiger partial charge >= 0.3 is 5.97 Å². The molecule has 1 amide bonds. The summed E-state index contributed by atoms with van der Waals surface area (Å²) >= 11 is 0. The number of fused-ring (bicyclic) bond motifs is 1. The Kier molecular flexibility index (Phi) is 3.68. The highest BCUT2D eigenvalue weighted by atomic mass is 16.4. The number of carboxylic acid groups (broad SMARTS) is 1. The van der Waals surface area contributed by atoms with Gasteiger partial charge in [-0.1, -0.05) is 24.3 Å². The molecular formula is C16H19NO4. The van der Waals surface area contributed by atoms with Crippen LogP contribution in [0, 0.1) is 0 Å². The van der Waals surface area contributed by atoms with Gasteiger partial charge in [-0.3, -0.25) is 4.79 Å². The molecule has 0 spiro atoms. The summed E-state index contributed by atoms with van der Waals surface area (Å²) < 4.78 is 0. The fourth-order valence-corrected chi connectivity index (χ4v) is 3.50. The number of nitrogens with zero attached hydrogens (tertiary/aromatic N) is 1. The normalized spacial score (nSPS) is 28.2. The zero-order valence-corrected chi connectivity index (χ0v) is 11.7. The van der Waals surface area contributed by atoms with E-state index in [-0.39, 0.29) is 24.8 Å². The van der Waals surface area contributed by atoms with Gasteiger partial charge in [-0.2, -0.15) is 0 Å². The Morgan fingerprint density at radius 2 is 2.00 bits per heavy atom. The summed E-state index contributed by atoms with van der Waals surface area (Å²) in [5.41, 5.74) is 2.19. The first-order valence-corrected chi connectivity index (χ1v) is 7.37. The standard InChI is InChI=1S/C16H19NO4/c18-11-8-14(16(20)21)17(9-11)15(19)13-7-3-5-10-4-1-2-6-12(10)13/h1-2,4,6,11,13-14,18H,3,5,7-9H2,(H,20,21)/t11-,13?,14-/m0/s1. The lowest BCUT2D eigenvalue weighted by Crippen LogP contribution is -2.43. The van der Waals surface area contributed by atoms with Crippen LogP contribution in [0.25, 0.3) is 0 Å². The molecule has 3 atom stereocenters. The molecule has 1 aromatic rings. The number of carbonyl (C=O) groups excluding carboxylic acids is 1. The number of benzene rings is 1. The predicted octanol–water partition coefficient (Wildman–Crippen LogP) is 1.15. The van der Waals surface area contributed by atoms with Crippen molar-refractivity contribution in [1.29, 1.82) is 0 Å². The summed E-state index contributed by atoms with van der Waals surface area (Å²) in [6, 6.07) is 6.96. The van der Waals surface area contributed by atoms with Crippen LogP contribution in [0.15, 0.2) is 24.3 Å². The average Bonchev–Trinajstić information content (AvgIpc) is 2.88. The molecule has 0 saturated carbocycles. The van der Waals surface area contributed by atoms with E-state index in [2.05, 4.69) is 0 Å². The Morgan fingerprint density at radius 1 is 1.24 bits per heavy atom. The van der Waals surface area contributed by atoms with Crippen LogP contribution in [0.2, 0.25) is 0 Å². The highest BCUT2D eigenvalue weighted by Gasteiger charge is 2.42. The van der Waals surface area contributed by atoms with Crippen LogP contribution in [-0.2, 0) is 16.0 Å². The Morgan fingerprint density at radius 3 is 2.76 bits per heavy atom. The van der Waals surface area contributed by atoms with Crippen molar-refractivity contribution in [3.05, 3.63) is 35.4 Å². The van der Waals surface area contributed by atoms with Gasteiger partial charge in [0.05, 0.1) is 12.0 Å². The Labute approximate surface area is 123 Å². The molecule has 1 fully saturated rings. The molecule has 0 aromatic heterocycles. The van der Waals surface area contributed by atoms with Gasteiger partial charge in [0.1, 0.15) is 6.04 Å². The molecule has 1 aliphatic carbocycles. The number of likely N-dealkylation sites (tertiary alicyclic amines) is 1. The minimum absolute atomic E-state index is 0.120. The maximum Gasteiger partial charge on any atom is 0.326 e. The fraction of sp³-hybridized carbons (Fsp3) is 0.500. The predicted molar refractivity (Wildman–Crippen MR) is 75.9 cm³/mol. The van der Waals surface area contributed by atoms with Gasteiger partial charge in [0.15, 0.2) is 0 Å². The van der Waals surface area contributed by atoms with Gasteiger partial charge in [-0.15, -0.1) is 0 Å². The van der Waals surface area contributed by atoms with Crippen LogP contribution in [0.5, 0.6) is 0 Å². The van der Waals surface area contributed by atoms with Crippen molar-refractivity contribution >= 4 is 11.9 Å². The van der Waals surface area contributed by atoms with Crippen molar-refractivity contribution in [2.24, 2.45) is 0 Å². The lowest BCUT2D eigenvalue weighted by molar-refractivity contribution is -0.148. The second-order valence-corrected chi connectivity index (χ2v) is 5.88. The molecular weight excluding hydrogens is 270 g/mol. The zero-order chi connectivity index (χ0) is 15.0. The third-order valence-corrected chi connectivity index (χ3v) is 4.51. The number of hydrogen-bond acceptors (Lipinski definition) is 3. The van der Waals surface area contributed by atoms with E-state index in [1.807, 2.05) is 24.3 Å². The summed E-state index contributed by atoms with van der Waals surface area (Å²) in [4.78, 5) is 25.4. The largest absolute Gasteiger partial charge is 0.480 e. The van der Waals surface area contributed by atoms with E-state index >= 15 is 0 Å². The Hall–Kier alpha value is -1.88. The molecule has 5 heteroatoms. The van der Waals surface area contributed by atoms with E-state index in [0.29, 0.717) is 0 Å². The third-order valence-electron chi connectivity index (χ3n) is 4.51. The molecule has 3 rings (SSSR count). The second-order valence-electron chi connectivity index (χ2n) is 5.88. The van der Waals surface area contributed by atoms with Crippen molar-refractivity contribution in [3.63, 3.8) is 0 Å². The molecule has 1 saturated heterocycles. The van der Waals surface area contributed by atoms with Crippen molar-refractivity contribution in [2.75, 3.05) is 6.54 Å². The number of β-amino-alcohol motifs (C(OH)–C–C–N with tert-alkyl or cyclic N) is 1. The molecule has 1 heterocycles. The lowest BCUT2D eigenvalue weighted by atomic mass is 9.82. The molecule has 2 N–H and O–H groups in total. The number of rotatable bonds is 2. The first kappa shape index (κ1) is 14.1. The summed E-state index contributed by atoms with van der Waals surface area (Å²) in [5, 5.41) is 18.9. The highest BCUT2D eigenvalue weighted by molar-refractivity contribution is 5.89. The van der Waals surface area contributed by atoms with Crippen LogP contribution in [0.4, 0.5) is 0 Å². The van der Waals surface area contributed by atoms with E-state index in [1.54, 1.807) is 0 Å². The molecule has 1 aliphatic heterocycles. The summed E-state index contributed by atoms with van der Waals surface area (Å²) in [5.74, 6) is -1.47. The average molecular weight is 289 g/mol. The Balaban J connectivity index is 1.87. The van der Waals surface area contributed by atoms with E-state index in [0.717, 1.165) is 24.8 Å². The highest BCUT2D eigenvalue weighted by Crippen LogP contribution is 2.34. The maximum atomic E-state index is 12.8. The van der Waals surface area contributed by atoms with Gasteiger partial charge in [0.2, 0.25) is 5.91 Å². The van der Waals surface area contributed by atoms with Crippen molar-refractivity contribution in [3.8, 4) is 0 Å². The molecule has 21 heavy (non-hydrogen) atoms. The molecule has 0 radical (unpaired) electrons. The van der Waals surface area contributed by atoms with Gasteiger partial charge < -0.3 is 15.1 Å². The minimum atomic E-state index is -1.04. The molecule has 1 aromatic carbocycles. The smallest absolute Gasteiger partial charge is 0.326 e. The van der Waals surface area contributed by atoms with Crippen molar-refractivity contribution < 1.29 is 19.8 Å². The number of carbonyl (C=O) groups is 2. The number of aryl methyl sites for hydroxylation is 1. The van der Waals surface area contributed by atoms with E-state index < -0.39 is 18.1 Å². The summed E-state index contributed by atoms with van der Waals surface area (Å²) in [6.07, 6.45) is 2.02. The molecule has 1 unspecified atom stereocenters. The van der Waals surface area contributed by atoms with Crippen molar-refractivity contribution in [1.82, 2.24) is 4.90 Å². The minimum Gasteiger partial charge on any atom is -0.480 e. The number of aliphatic hydroxyl groups is 1. The molecule has 2 aliphatic rings. The number of amides is 1. The fourth-order valence-electron chi connectivity index (χ4n) is 3.50. The van der Waals surface area contributed by atoms with Gasteiger partial charge in [-0.05, 0) is 30.4 Å². The van der Waals surface area contributed by atoms with Crippen molar-refractivity contribution in [2.45, 2.75) is 43.7 Å². The SMILES string of the molecule is O=C(O)[C@@H]1C[C@H](O)CN1C(=O)C1CCCc2ccccc21. The first-order chi connectivity index (χ1) is 10.1. The van der Waals surface area contributed by atoms with Crippen LogP contribution in [0.1, 0.15) is 36.3 Å². The zero-order valence-electron chi connectivity index (χ0n) is 11.7. The molecule has 112 valence electrons. The van der Waals surface area contributed by atoms with E-state index in [4.69, 9.17) is 0 Å². The summed E-state index contributed by atoms with van der Waals surface area (Å²) in [7, 11) is 0.